The quantitative estimate of drug-likeness (QED) is 0.544. The highest BCUT2D eigenvalue weighted by molar-refractivity contribution is 4.65. The minimum absolute atomic E-state index is 0.543. The van der Waals surface area contributed by atoms with Crippen LogP contribution in [0.3, 0.4) is 0 Å². The third kappa shape index (κ3) is 8.86. The van der Waals surface area contributed by atoms with Crippen molar-refractivity contribution in [3.63, 3.8) is 0 Å². The minimum Gasteiger partial charge on any atom is -0.382 e. The molecule has 4 heteroatoms. The first-order valence-electron chi connectivity index (χ1n) is 7.32. The maximum atomic E-state index is 5.59. The summed E-state index contributed by atoms with van der Waals surface area (Å²) in [4.78, 5) is 0. The second kappa shape index (κ2) is 11.9. The van der Waals surface area contributed by atoms with Gasteiger partial charge in [0.1, 0.15) is 0 Å². The molecule has 0 amide bonds. The van der Waals surface area contributed by atoms with E-state index in [-0.39, 0.29) is 0 Å². The molecule has 1 saturated heterocycles. The Hall–Kier alpha value is -0.160. The normalized spacial score (nSPS) is 19.5. The van der Waals surface area contributed by atoms with Crippen LogP contribution in [0, 0.1) is 0 Å². The topological polar surface area (TPSA) is 39.7 Å². The van der Waals surface area contributed by atoms with Gasteiger partial charge in [-0.1, -0.05) is 0 Å². The average molecular weight is 259 g/mol. The van der Waals surface area contributed by atoms with Gasteiger partial charge in [0.15, 0.2) is 0 Å². The molecule has 1 aliphatic heterocycles. The molecule has 0 aromatic carbocycles. The lowest BCUT2D eigenvalue weighted by atomic mass is 10.1. The molecule has 1 heterocycles. The molecule has 4 nitrogen and oxygen atoms in total. The molecule has 0 aromatic heterocycles. The molecule has 0 aliphatic carbocycles. The van der Waals surface area contributed by atoms with Crippen LogP contribution in [0.1, 0.15) is 38.5 Å². The van der Waals surface area contributed by atoms with Crippen LogP contribution in [-0.2, 0) is 14.2 Å². The number of unbranched alkanes of at least 4 members (excludes halogenated alkanes) is 1. The predicted molar refractivity (Wildman–Crippen MR) is 73.0 cm³/mol. The SMILES string of the molecule is COCCOCCCCNCCCC1CCCO1. The molecule has 1 fully saturated rings. The smallest absolute Gasteiger partial charge is 0.0700 e. The second-order valence-electron chi connectivity index (χ2n) is 4.84. The molecule has 108 valence electrons. The molecule has 1 atom stereocenters. The van der Waals surface area contributed by atoms with Crippen molar-refractivity contribution >= 4 is 0 Å². The maximum absolute atomic E-state index is 5.59. The summed E-state index contributed by atoms with van der Waals surface area (Å²) in [6.07, 6.45) is 7.82. The van der Waals surface area contributed by atoms with Gasteiger partial charge in [0, 0.05) is 20.3 Å². The van der Waals surface area contributed by atoms with E-state index in [1.54, 1.807) is 7.11 Å². The summed E-state index contributed by atoms with van der Waals surface area (Å²) >= 11 is 0. The van der Waals surface area contributed by atoms with E-state index in [0.717, 1.165) is 32.7 Å². The molecule has 0 bridgehead atoms. The van der Waals surface area contributed by atoms with E-state index in [4.69, 9.17) is 14.2 Å². The van der Waals surface area contributed by atoms with Gasteiger partial charge in [0.2, 0.25) is 0 Å². The zero-order valence-corrected chi connectivity index (χ0v) is 11.8. The molecule has 1 rings (SSSR count). The lowest BCUT2D eigenvalue weighted by Gasteiger charge is -2.09. The molecule has 1 aliphatic rings. The van der Waals surface area contributed by atoms with Crippen molar-refractivity contribution in [1.82, 2.24) is 5.32 Å². The summed E-state index contributed by atoms with van der Waals surface area (Å²) in [7, 11) is 1.70. The van der Waals surface area contributed by atoms with E-state index in [0.29, 0.717) is 19.3 Å². The third-order valence-electron chi connectivity index (χ3n) is 3.23. The van der Waals surface area contributed by atoms with E-state index >= 15 is 0 Å². The van der Waals surface area contributed by atoms with Crippen molar-refractivity contribution in [2.24, 2.45) is 0 Å². The van der Waals surface area contributed by atoms with Crippen LogP contribution < -0.4 is 5.32 Å². The fourth-order valence-corrected chi connectivity index (χ4v) is 2.15. The number of nitrogens with one attached hydrogen (secondary N) is 1. The second-order valence-corrected chi connectivity index (χ2v) is 4.84. The van der Waals surface area contributed by atoms with Crippen LogP contribution >= 0.6 is 0 Å². The molecule has 0 saturated carbocycles. The Morgan fingerprint density at radius 2 is 2.00 bits per heavy atom. The van der Waals surface area contributed by atoms with Crippen molar-refractivity contribution in [3.05, 3.63) is 0 Å². The Balaban J connectivity index is 1.68. The van der Waals surface area contributed by atoms with Crippen molar-refractivity contribution in [2.45, 2.75) is 44.6 Å². The number of hydrogen-bond acceptors (Lipinski definition) is 4. The molecule has 18 heavy (non-hydrogen) atoms. The van der Waals surface area contributed by atoms with E-state index in [1.165, 1.54) is 32.1 Å². The van der Waals surface area contributed by atoms with Crippen molar-refractivity contribution < 1.29 is 14.2 Å². The van der Waals surface area contributed by atoms with Gasteiger partial charge in [-0.25, -0.2) is 0 Å². The highest BCUT2D eigenvalue weighted by atomic mass is 16.5. The van der Waals surface area contributed by atoms with Gasteiger partial charge in [-0.2, -0.15) is 0 Å². The standard InChI is InChI=1S/C14H29NO3/c1-16-12-13-17-10-3-2-8-15-9-4-6-14-7-5-11-18-14/h14-15H,2-13H2,1H3. The van der Waals surface area contributed by atoms with Crippen LogP contribution in [-0.4, -0.2) is 52.7 Å². The summed E-state index contributed by atoms with van der Waals surface area (Å²) in [5.41, 5.74) is 0. The number of ether oxygens (including phenoxy) is 3. The average Bonchev–Trinajstić information content (AvgIpc) is 2.89. The van der Waals surface area contributed by atoms with Crippen LogP contribution in [0.25, 0.3) is 0 Å². The van der Waals surface area contributed by atoms with Crippen molar-refractivity contribution in [2.75, 3.05) is 46.6 Å². The van der Waals surface area contributed by atoms with Crippen molar-refractivity contribution in [1.29, 1.82) is 0 Å². The lowest BCUT2D eigenvalue weighted by molar-refractivity contribution is 0.0688. The summed E-state index contributed by atoms with van der Waals surface area (Å²) in [6.45, 7) is 5.44. The fourth-order valence-electron chi connectivity index (χ4n) is 2.15. The summed E-state index contributed by atoms with van der Waals surface area (Å²) in [6, 6.07) is 0. The zero-order chi connectivity index (χ0) is 12.9. The van der Waals surface area contributed by atoms with Gasteiger partial charge < -0.3 is 19.5 Å². The first kappa shape index (κ1) is 15.9. The van der Waals surface area contributed by atoms with Gasteiger partial charge in [0.25, 0.3) is 0 Å². The van der Waals surface area contributed by atoms with Gasteiger partial charge >= 0.3 is 0 Å². The van der Waals surface area contributed by atoms with Crippen LogP contribution in [0.15, 0.2) is 0 Å². The van der Waals surface area contributed by atoms with E-state index in [9.17, 15) is 0 Å². The molecular weight excluding hydrogens is 230 g/mol. The Morgan fingerprint density at radius 3 is 2.78 bits per heavy atom. The Morgan fingerprint density at radius 1 is 1.11 bits per heavy atom. The maximum Gasteiger partial charge on any atom is 0.0700 e. The highest BCUT2D eigenvalue weighted by Crippen LogP contribution is 2.16. The predicted octanol–water partition coefficient (Wildman–Crippen LogP) is 1.98. The van der Waals surface area contributed by atoms with E-state index in [1.807, 2.05) is 0 Å². The lowest BCUT2D eigenvalue weighted by Crippen LogP contribution is -2.19. The van der Waals surface area contributed by atoms with Crippen molar-refractivity contribution in [3.8, 4) is 0 Å². The molecule has 0 spiro atoms. The van der Waals surface area contributed by atoms with Gasteiger partial charge in [0.05, 0.1) is 19.3 Å². The Bertz CT molecular complexity index is 172. The molecule has 1 N–H and O–H groups in total. The first-order valence-corrected chi connectivity index (χ1v) is 7.32. The zero-order valence-electron chi connectivity index (χ0n) is 11.8. The summed E-state index contributed by atoms with van der Waals surface area (Å²) in [5, 5.41) is 3.48. The number of hydrogen-bond donors (Lipinski definition) is 1. The number of rotatable bonds is 12. The monoisotopic (exact) mass is 259 g/mol. The van der Waals surface area contributed by atoms with E-state index in [2.05, 4.69) is 5.32 Å². The number of methoxy groups -OCH3 is 1. The Labute approximate surface area is 111 Å². The minimum atomic E-state index is 0.543. The third-order valence-corrected chi connectivity index (χ3v) is 3.23. The first-order chi connectivity index (χ1) is 8.93. The van der Waals surface area contributed by atoms with Crippen LogP contribution in [0.2, 0.25) is 0 Å². The van der Waals surface area contributed by atoms with Gasteiger partial charge in [-0.15, -0.1) is 0 Å². The molecule has 1 unspecified atom stereocenters. The molecule has 0 radical (unpaired) electrons. The summed E-state index contributed by atoms with van der Waals surface area (Å²) in [5.74, 6) is 0. The molecule has 0 aromatic rings. The van der Waals surface area contributed by atoms with E-state index < -0.39 is 0 Å². The van der Waals surface area contributed by atoms with Crippen LogP contribution in [0.5, 0.6) is 0 Å². The van der Waals surface area contributed by atoms with Gasteiger partial charge in [-0.05, 0) is 51.6 Å². The fraction of sp³-hybridized carbons (Fsp3) is 1.00. The summed E-state index contributed by atoms with van der Waals surface area (Å²) < 4.78 is 15.9. The van der Waals surface area contributed by atoms with Crippen LogP contribution in [0.4, 0.5) is 0 Å². The largest absolute Gasteiger partial charge is 0.382 e. The van der Waals surface area contributed by atoms with Gasteiger partial charge in [-0.3, -0.25) is 0 Å². The molecular formula is C14H29NO3. The highest BCUT2D eigenvalue weighted by Gasteiger charge is 2.13. The Kier molecular flexibility index (Phi) is 10.5.